The van der Waals surface area contributed by atoms with Crippen molar-refractivity contribution >= 4 is 11.6 Å². The zero-order chi connectivity index (χ0) is 12.3. The number of halogens is 2. The summed E-state index contributed by atoms with van der Waals surface area (Å²) >= 11 is 5.89. The Labute approximate surface area is 107 Å². The molecule has 1 heterocycles. The van der Waals surface area contributed by atoms with Crippen LogP contribution in [-0.2, 0) is 6.54 Å². The van der Waals surface area contributed by atoms with Crippen LogP contribution in [0.25, 0.3) is 0 Å². The normalized spacial score (nSPS) is 21.0. The minimum atomic E-state index is -0.173. The third-order valence-corrected chi connectivity index (χ3v) is 3.62. The monoisotopic (exact) mass is 256 g/mol. The summed E-state index contributed by atoms with van der Waals surface area (Å²) in [5, 5.41) is 0.593. The molecule has 0 aliphatic carbocycles. The fourth-order valence-electron chi connectivity index (χ4n) is 2.51. The summed E-state index contributed by atoms with van der Waals surface area (Å²) in [4.78, 5) is 2.31. The topological polar surface area (TPSA) is 29.3 Å². The lowest BCUT2D eigenvalue weighted by atomic mass is 10.1. The maximum absolute atomic E-state index is 13.6. The van der Waals surface area contributed by atoms with Crippen molar-refractivity contribution in [3.63, 3.8) is 0 Å². The second-order valence-corrected chi connectivity index (χ2v) is 5.02. The molecule has 1 unspecified atom stereocenters. The van der Waals surface area contributed by atoms with Crippen molar-refractivity contribution in [1.29, 1.82) is 0 Å². The summed E-state index contributed by atoms with van der Waals surface area (Å²) in [7, 11) is 0. The second kappa shape index (κ2) is 5.80. The summed E-state index contributed by atoms with van der Waals surface area (Å²) in [5.74, 6) is -0.173. The Hall–Kier alpha value is -0.640. The van der Waals surface area contributed by atoms with Gasteiger partial charge in [0.15, 0.2) is 0 Å². The van der Waals surface area contributed by atoms with E-state index in [0.29, 0.717) is 29.7 Å². The summed E-state index contributed by atoms with van der Waals surface area (Å²) in [6.07, 6.45) is 3.33. The van der Waals surface area contributed by atoms with E-state index in [-0.39, 0.29) is 5.82 Å². The molecule has 0 saturated carbocycles. The Morgan fingerprint density at radius 1 is 1.47 bits per heavy atom. The van der Waals surface area contributed by atoms with Gasteiger partial charge in [0, 0.05) is 23.2 Å². The first-order chi connectivity index (χ1) is 8.20. The number of hydrogen-bond donors (Lipinski definition) is 1. The predicted molar refractivity (Wildman–Crippen MR) is 68.5 cm³/mol. The molecular weight excluding hydrogens is 239 g/mol. The van der Waals surface area contributed by atoms with Crippen LogP contribution in [-0.4, -0.2) is 24.0 Å². The zero-order valence-electron chi connectivity index (χ0n) is 9.83. The van der Waals surface area contributed by atoms with E-state index in [0.717, 1.165) is 13.0 Å². The first kappa shape index (κ1) is 12.8. The molecule has 2 rings (SSSR count). The van der Waals surface area contributed by atoms with Crippen molar-refractivity contribution < 1.29 is 4.39 Å². The molecule has 0 amide bonds. The smallest absolute Gasteiger partial charge is 0.127 e. The maximum atomic E-state index is 13.6. The lowest BCUT2D eigenvalue weighted by molar-refractivity contribution is 0.234. The fraction of sp³-hybridized carbons (Fsp3) is 0.538. The number of nitrogens with zero attached hydrogens (tertiary/aromatic N) is 1. The van der Waals surface area contributed by atoms with E-state index in [1.54, 1.807) is 12.1 Å². The quantitative estimate of drug-likeness (QED) is 0.898. The molecule has 4 heteroatoms. The summed E-state index contributed by atoms with van der Waals surface area (Å²) in [6, 6.07) is 5.24. The molecule has 17 heavy (non-hydrogen) atoms. The second-order valence-electron chi connectivity index (χ2n) is 4.58. The average Bonchev–Trinajstić information content (AvgIpc) is 2.72. The van der Waals surface area contributed by atoms with Crippen LogP contribution < -0.4 is 5.73 Å². The van der Waals surface area contributed by atoms with Crippen molar-refractivity contribution in [2.45, 2.75) is 31.8 Å². The molecule has 1 saturated heterocycles. The molecule has 2 nitrogen and oxygen atoms in total. The first-order valence-electron chi connectivity index (χ1n) is 6.08. The van der Waals surface area contributed by atoms with Gasteiger partial charge in [-0.15, -0.1) is 0 Å². The van der Waals surface area contributed by atoms with Gasteiger partial charge in [-0.1, -0.05) is 11.6 Å². The van der Waals surface area contributed by atoms with Crippen LogP contribution in [0.4, 0.5) is 4.39 Å². The summed E-state index contributed by atoms with van der Waals surface area (Å²) in [5.41, 5.74) is 6.28. The van der Waals surface area contributed by atoms with E-state index in [9.17, 15) is 4.39 Å². The van der Waals surface area contributed by atoms with Crippen molar-refractivity contribution in [2.75, 3.05) is 13.1 Å². The number of likely N-dealkylation sites (tertiary alicyclic amines) is 1. The lowest BCUT2D eigenvalue weighted by Gasteiger charge is -2.24. The lowest BCUT2D eigenvalue weighted by Crippen LogP contribution is -2.31. The van der Waals surface area contributed by atoms with Crippen molar-refractivity contribution in [3.05, 3.63) is 34.6 Å². The SMILES string of the molecule is NCCC1CCCN1Cc1cc(Cl)ccc1F. The number of rotatable bonds is 4. The Morgan fingerprint density at radius 2 is 2.29 bits per heavy atom. The molecule has 1 fully saturated rings. The van der Waals surface area contributed by atoms with Crippen LogP contribution in [0.1, 0.15) is 24.8 Å². The summed E-state index contributed by atoms with van der Waals surface area (Å²) < 4.78 is 13.6. The highest BCUT2D eigenvalue weighted by Gasteiger charge is 2.24. The van der Waals surface area contributed by atoms with E-state index >= 15 is 0 Å². The van der Waals surface area contributed by atoms with E-state index in [4.69, 9.17) is 17.3 Å². The average molecular weight is 257 g/mol. The first-order valence-corrected chi connectivity index (χ1v) is 6.46. The molecule has 0 radical (unpaired) electrons. The van der Waals surface area contributed by atoms with Gasteiger partial charge in [-0.2, -0.15) is 0 Å². The van der Waals surface area contributed by atoms with Gasteiger partial charge in [-0.25, -0.2) is 4.39 Å². The molecule has 94 valence electrons. The van der Waals surface area contributed by atoms with E-state index in [1.807, 2.05) is 0 Å². The Morgan fingerprint density at radius 3 is 3.06 bits per heavy atom. The number of nitrogens with two attached hydrogens (primary N) is 1. The van der Waals surface area contributed by atoms with Crippen LogP contribution in [0.5, 0.6) is 0 Å². The molecule has 0 aromatic heterocycles. The van der Waals surface area contributed by atoms with Gasteiger partial charge in [0.25, 0.3) is 0 Å². The Balaban J connectivity index is 2.06. The van der Waals surface area contributed by atoms with Crippen LogP contribution in [0, 0.1) is 5.82 Å². The molecule has 0 bridgehead atoms. The van der Waals surface area contributed by atoms with Gasteiger partial charge in [0.1, 0.15) is 5.82 Å². The molecule has 1 aliphatic heterocycles. The minimum absolute atomic E-state index is 0.173. The van der Waals surface area contributed by atoms with E-state index < -0.39 is 0 Å². The Kier molecular flexibility index (Phi) is 4.37. The van der Waals surface area contributed by atoms with Crippen LogP contribution in [0.15, 0.2) is 18.2 Å². The molecule has 2 N–H and O–H groups in total. The molecule has 0 spiro atoms. The van der Waals surface area contributed by atoms with Crippen molar-refractivity contribution in [1.82, 2.24) is 4.90 Å². The standard InChI is InChI=1S/C13H18ClFN2/c14-11-3-4-13(15)10(8-11)9-17-7-1-2-12(17)5-6-16/h3-4,8,12H,1-2,5-7,9,16H2. The molecule has 1 aromatic carbocycles. The van der Waals surface area contributed by atoms with Crippen LogP contribution >= 0.6 is 11.6 Å². The Bertz CT molecular complexity index is 384. The van der Waals surface area contributed by atoms with E-state index in [1.165, 1.54) is 18.9 Å². The number of benzene rings is 1. The maximum Gasteiger partial charge on any atom is 0.127 e. The van der Waals surface area contributed by atoms with Crippen molar-refractivity contribution in [3.8, 4) is 0 Å². The van der Waals surface area contributed by atoms with Gasteiger partial charge in [-0.3, -0.25) is 4.90 Å². The molecule has 1 atom stereocenters. The van der Waals surface area contributed by atoms with Crippen molar-refractivity contribution in [2.24, 2.45) is 5.73 Å². The summed E-state index contributed by atoms with van der Waals surface area (Å²) in [6.45, 7) is 2.35. The van der Waals surface area contributed by atoms with E-state index in [2.05, 4.69) is 4.90 Å². The number of hydrogen-bond acceptors (Lipinski definition) is 2. The third-order valence-electron chi connectivity index (χ3n) is 3.38. The highest BCUT2D eigenvalue weighted by molar-refractivity contribution is 6.30. The highest BCUT2D eigenvalue weighted by Crippen LogP contribution is 2.24. The van der Waals surface area contributed by atoms with Crippen LogP contribution in [0.2, 0.25) is 5.02 Å². The minimum Gasteiger partial charge on any atom is -0.330 e. The van der Waals surface area contributed by atoms with Crippen LogP contribution in [0.3, 0.4) is 0 Å². The third kappa shape index (κ3) is 3.18. The highest BCUT2D eigenvalue weighted by atomic mass is 35.5. The predicted octanol–water partition coefficient (Wildman–Crippen LogP) is 2.79. The van der Waals surface area contributed by atoms with Gasteiger partial charge in [0.2, 0.25) is 0 Å². The largest absolute Gasteiger partial charge is 0.330 e. The zero-order valence-corrected chi connectivity index (χ0v) is 10.6. The van der Waals surface area contributed by atoms with Gasteiger partial charge in [-0.05, 0) is 50.6 Å². The van der Waals surface area contributed by atoms with Gasteiger partial charge >= 0.3 is 0 Å². The molecule has 1 aromatic rings. The van der Waals surface area contributed by atoms with Gasteiger partial charge < -0.3 is 5.73 Å². The molecular formula is C13H18ClFN2. The van der Waals surface area contributed by atoms with Gasteiger partial charge in [0.05, 0.1) is 0 Å². The fourth-order valence-corrected chi connectivity index (χ4v) is 2.70. The molecule has 1 aliphatic rings.